The fourth-order valence-electron chi connectivity index (χ4n) is 13.1. The summed E-state index contributed by atoms with van der Waals surface area (Å²) < 4.78 is 121. The molecule has 0 bridgehead atoms. The predicted octanol–water partition coefficient (Wildman–Crippen LogP) is 7.44. The number of unbranched alkanes of at least 4 members (excludes halogenated alkanes) is 3. The van der Waals surface area contributed by atoms with Gasteiger partial charge in [-0.15, -0.1) is 37.0 Å². The number of benzene rings is 4. The molecule has 4 atom stereocenters. The number of carboxylic acids is 3. The van der Waals surface area contributed by atoms with Crippen molar-refractivity contribution in [3.63, 3.8) is 0 Å². The van der Waals surface area contributed by atoms with Crippen LogP contribution in [-0.2, 0) is 108 Å². The van der Waals surface area contributed by atoms with Crippen molar-refractivity contribution >= 4 is 124 Å². The SMILES string of the molecule is CC1(C)C(=CC=C2CCCC(C=CC3=[N+](CCCCS(=O)(=O)O)c4ccccc4C3(C)C)=C2SC[C@H](NC(=O)C(CC(=O)[C@H](Cc2ccccc2)NC(=O)CCCCC(=O)CC[C@H](NC(=O)NCCCC(=O)O)C(=O)O)Cc2ccccc2)C(=O)O)N(CCCCS(=O)(=O)[O-])c2ccccc21.O=C=O.O=S(=O)=O.O=S(=O)=O. The lowest BCUT2D eigenvalue weighted by atomic mass is 9.81. The van der Waals surface area contributed by atoms with Crippen LogP contribution < -0.4 is 26.2 Å². The first-order chi connectivity index (χ1) is 52.8. The van der Waals surface area contributed by atoms with E-state index in [1.165, 1.54) is 11.8 Å². The molecule has 31 nitrogen and oxygen atoms in total. The summed E-state index contributed by atoms with van der Waals surface area (Å²) in [5.41, 5.74) is 8.07. The molecule has 3 aliphatic rings. The van der Waals surface area contributed by atoms with Crippen molar-refractivity contribution < 1.29 is 119 Å². The number of aliphatic carboxylic acids is 3. The Labute approximate surface area is 657 Å². The first-order valence-electron chi connectivity index (χ1n) is 35.7. The van der Waals surface area contributed by atoms with E-state index in [1.807, 2.05) is 42.5 Å². The van der Waals surface area contributed by atoms with Gasteiger partial charge in [0.15, 0.2) is 11.5 Å². The van der Waals surface area contributed by atoms with E-state index >= 15 is 0 Å². The minimum atomic E-state index is -4.43. The summed E-state index contributed by atoms with van der Waals surface area (Å²) in [5, 5.41) is 39.9. The Hall–Kier alpha value is -9.94. The molecule has 0 saturated heterocycles. The van der Waals surface area contributed by atoms with Crippen LogP contribution in [0.4, 0.5) is 16.2 Å². The average Bonchev–Trinajstić information content (AvgIpc) is 1.60. The van der Waals surface area contributed by atoms with Crippen LogP contribution >= 0.6 is 11.8 Å². The largest absolute Gasteiger partial charge is 0.748 e. The van der Waals surface area contributed by atoms with Gasteiger partial charge in [-0.25, -0.2) is 22.8 Å². The first kappa shape index (κ1) is 94.4. The van der Waals surface area contributed by atoms with Crippen LogP contribution in [0.3, 0.4) is 0 Å². The number of urea groups is 1. The summed E-state index contributed by atoms with van der Waals surface area (Å²) in [6.07, 6.45) is 11.3. The van der Waals surface area contributed by atoms with Crippen LogP contribution in [0.1, 0.15) is 153 Å². The molecule has 608 valence electrons. The lowest BCUT2D eigenvalue weighted by Crippen LogP contribution is -2.48. The number of allylic oxidation sites excluding steroid dienone is 7. The van der Waals surface area contributed by atoms with Crippen molar-refractivity contribution in [2.24, 2.45) is 5.92 Å². The summed E-state index contributed by atoms with van der Waals surface area (Å²) in [5.74, 6) is -7.83. The molecule has 0 aromatic heterocycles. The fourth-order valence-corrected chi connectivity index (χ4v) is 15.5. The second kappa shape index (κ2) is 46.8. The van der Waals surface area contributed by atoms with E-state index in [1.54, 1.807) is 60.7 Å². The normalized spacial score (nSPS) is 15.7. The molecule has 8 N–H and O–H groups in total. The van der Waals surface area contributed by atoms with E-state index in [0.29, 0.717) is 49.9 Å². The van der Waals surface area contributed by atoms with E-state index in [0.717, 1.165) is 56.4 Å². The number of hydrogen-bond donors (Lipinski definition) is 8. The zero-order valence-electron chi connectivity index (χ0n) is 62.3. The molecule has 0 spiro atoms. The Morgan fingerprint density at radius 1 is 0.634 bits per heavy atom. The topological polar surface area (TPSA) is 500 Å². The van der Waals surface area contributed by atoms with Crippen LogP contribution in [-0.4, -0.2) is 185 Å². The molecular formula is C76H94N6O25S5. The summed E-state index contributed by atoms with van der Waals surface area (Å²) in [6, 6.07) is 29.1. The standard InChI is InChI=1S/C75H94N6O17S3.CO2.2O3S/c1-74(2)57-30-12-14-32-62(57)80(43-17-19-45-100(93,94)95)65(74)40-36-53-27-21-28-54(37-41-66-75(3,4)58-31-13-15-33-63(58)81(66)44-18-20-46-101(96,97)98)69(53)99-50-61(72(90)91)78-70(87)55(47-51-23-7-5-8-24-51)49-64(83)60(48-52-25-9-6-10-26-52)77-67(84)34-16-11-29-56(82)38-39-59(71(88)89)79-73(92)76-42-22-35-68(85)86;2-1-3;2*1-4(2)3/h5-10,12-15,23-26,30-33,36-37,40-41,55,59-61H,11,16-22,27-29,34-35,38-39,42-50H2,1-4H3,(H8-,76,77,78,79,84,85,86,87,88,89,90,91,92,93,94,95,96,97,98);;;/t55?,59-,60-,61-;;;/m0.../s1. The average molecular weight is 1650 g/mol. The molecule has 36 heteroatoms. The lowest BCUT2D eigenvalue weighted by Gasteiger charge is -2.28. The number of carbonyl (C=O) groups is 8. The zero-order valence-corrected chi connectivity index (χ0v) is 66.4. The van der Waals surface area contributed by atoms with Gasteiger partial charge in [-0.05, 0) is 131 Å². The highest BCUT2D eigenvalue weighted by Crippen LogP contribution is 2.49. The number of hydrogen-bond acceptors (Lipinski definition) is 23. The Morgan fingerprint density at radius 3 is 1.80 bits per heavy atom. The van der Waals surface area contributed by atoms with Crippen molar-refractivity contribution in [1.29, 1.82) is 0 Å². The molecule has 2 heterocycles. The smallest absolute Gasteiger partial charge is 0.425 e. The van der Waals surface area contributed by atoms with Crippen molar-refractivity contribution in [2.45, 2.75) is 172 Å². The molecule has 0 radical (unpaired) electrons. The van der Waals surface area contributed by atoms with Gasteiger partial charge in [-0.2, -0.15) is 22.6 Å². The highest BCUT2D eigenvalue weighted by molar-refractivity contribution is 8.03. The first-order valence-corrected chi connectivity index (χ1v) is 41.9. The van der Waals surface area contributed by atoms with E-state index in [9.17, 15) is 74.5 Å². The molecule has 7 rings (SSSR count). The Balaban J connectivity index is 0.00000225. The lowest BCUT2D eigenvalue weighted by molar-refractivity contribution is -0.438. The summed E-state index contributed by atoms with van der Waals surface area (Å²) >= 11 is 1.28. The third-order valence-corrected chi connectivity index (χ3v) is 21.4. The number of nitrogens with zero attached hydrogens (tertiary/aromatic N) is 2. The van der Waals surface area contributed by atoms with Crippen LogP contribution in [0, 0.1) is 5.92 Å². The third-order valence-electron chi connectivity index (χ3n) is 18.5. The highest BCUT2D eigenvalue weighted by atomic mass is 32.2. The number of anilines is 1. The molecular weight excluding hydrogens is 1560 g/mol. The number of Topliss-reactive ketones (excluding diaryl/α,β-unsaturated/α-hetero) is 2. The maximum Gasteiger partial charge on any atom is 0.425 e. The number of ketones is 2. The van der Waals surface area contributed by atoms with Gasteiger partial charge in [-0.1, -0.05) is 123 Å². The van der Waals surface area contributed by atoms with Gasteiger partial charge < -0.3 is 46.0 Å². The van der Waals surface area contributed by atoms with Gasteiger partial charge in [0.25, 0.3) is 10.1 Å². The van der Waals surface area contributed by atoms with E-state index < -0.39 is 130 Å². The fraction of sp³-hybridized carbons (Fsp3) is 0.447. The van der Waals surface area contributed by atoms with E-state index in [4.69, 9.17) is 39.9 Å². The molecule has 112 heavy (non-hydrogen) atoms. The molecule has 1 aliphatic carbocycles. The number of thioether (sulfide) groups is 1. The highest BCUT2D eigenvalue weighted by Gasteiger charge is 2.44. The van der Waals surface area contributed by atoms with Crippen molar-refractivity contribution in [2.75, 3.05) is 41.8 Å². The van der Waals surface area contributed by atoms with Crippen LogP contribution in [0.15, 0.2) is 155 Å². The van der Waals surface area contributed by atoms with Crippen LogP contribution in [0.2, 0.25) is 0 Å². The van der Waals surface area contributed by atoms with E-state index in [2.05, 4.69) is 88.8 Å². The molecule has 4 aromatic rings. The van der Waals surface area contributed by atoms with Gasteiger partial charge in [0.2, 0.25) is 17.5 Å². The number of carboxylic acid groups (broad SMARTS) is 3. The molecule has 0 saturated carbocycles. The van der Waals surface area contributed by atoms with Crippen molar-refractivity contribution in [3.8, 4) is 0 Å². The van der Waals surface area contributed by atoms with Crippen molar-refractivity contribution in [1.82, 2.24) is 21.3 Å². The number of nitrogens with one attached hydrogen (secondary N) is 4. The van der Waals surface area contributed by atoms with Crippen molar-refractivity contribution in [3.05, 3.63) is 178 Å². The molecule has 4 amide bonds. The van der Waals surface area contributed by atoms with Crippen LogP contribution in [0.25, 0.3) is 0 Å². The number of rotatable bonds is 41. The van der Waals surface area contributed by atoms with Gasteiger partial charge in [0.1, 0.15) is 24.4 Å². The molecule has 1 unspecified atom stereocenters. The third kappa shape index (κ3) is 33.2. The zero-order chi connectivity index (χ0) is 83.4. The maximum atomic E-state index is 14.9. The number of fused-ring (bicyclic) bond motifs is 2. The summed E-state index contributed by atoms with van der Waals surface area (Å²) in [4.78, 5) is 124. The van der Waals surface area contributed by atoms with Gasteiger partial charge in [-0.3, -0.25) is 28.5 Å². The second-order valence-corrected chi connectivity index (χ2v) is 32.3. The predicted molar refractivity (Wildman–Crippen MR) is 411 cm³/mol. The van der Waals surface area contributed by atoms with Gasteiger partial charge >= 0.3 is 51.3 Å². The van der Waals surface area contributed by atoms with E-state index in [-0.39, 0.29) is 107 Å². The Bertz CT molecular complexity index is 4620. The quantitative estimate of drug-likeness (QED) is 0.0121. The van der Waals surface area contributed by atoms with Gasteiger partial charge in [0.05, 0.1) is 27.3 Å². The second-order valence-electron chi connectivity index (χ2n) is 27.4. The summed E-state index contributed by atoms with van der Waals surface area (Å²) in [6.45, 7) is 9.34. The van der Waals surface area contributed by atoms with Gasteiger partial charge in [0, 0.05) is 108 Å². The Morgan fingerprint density at radius 2 is 1.21 bits per heavy atom. The number of carbonyl (C=O) groups excluding carboxylic acids is 7. The molecule has 2 aliphatic heterocycles. The minimum absolute atomic E-state index is 0.00329. The molecule has 4 aromatic carbocycles. The maximum absolute atomic E-state index is 14.9. The minimum Gasteiger partial charge on any atom is -0.748 e. The number of amides is 4. The monoisotopic (exact) mass is 1650 g/mol. The summed E-state index contributed by atoms with van der Waals surface area (Å²) in [7, 11) is -14.8. The Kier molecular flexibility index (Phi) is 39.4. The van der Waals surface area contributed by atoms with Crippen LogP contribution in [0.5, 0.6) is 0 Å². The number of para-hydroxylation sites is 2. The molecule has 0 fully saturated rings.